The van der Waals surface area contributed by atoms with Gasteiger partial charge in [0.15, 0.2) is 11.5 Å². The number of carbonyl (C=O) groups excluding carboxylic acids is 1. The minimum atomic E-state index is -0.809. The Morgan fingerprint density at radius 3 is 2.89 bits per heavy atom. The minimum Gasteiger partial charge on any atom is -0.491 e. The molecule has 10 heteroatoms. The predicted molar refractivity (Wildman–Crippen MR) is 134 cm³/mol. The number of ether oxygens (including phenoxy) is 2. The first-order chi connectivity index (χ1) is 17.0. The molecule has 0 radical (unpaired) electrons. The third-order valence-electron chi connectivity index (χ3n) is 5.61. The lowest BCUT2D eigenvalue weighted by atomic mass is 10.2. The number of nitrogens with one attached hydrogen (secondary N) is 2. The molecule has 0 bridgehead atoms. The second-order valence-electron chi connectivity index (χ2n) is 8.77. The Balaban J connectivity index is 1.34. The van der Waals surface area contributed by atoms with Gasteiger partial charge in [0.1, 0.15) is 36.2 Å². The number of fused-ring (bicyclic) bond motifs is 1. The summed E-state index contributed by atoms with van der Waals surface area (Å²) in [4.78, 5) is 20.6. The summed E-state index contributed by atoms with van der Waals surface area (Å²) in [6, 6.07) is 11.1. The molecular weight excluding hydrogens is 448 g/mol. The van der Waals surface area contributed by atoms with E-state index >= 15 is 0 Å². The van der Waals surface area contributed by atoms with Gasteiger partial charge in [-0.2, -0.15) is 5.10 Å². The summed E-state index contributed by atoms with van der Waals surface area (Å²) in [5, 5.41) is 21.7. The zero-order valence-corrected chi connectivity index (χ0v) is 20.1. The van der Waals surface area contributed by atoms with Gasteiger partial charge < -0.3 is 29.7 Å². The van der Waals surface area contributed by atoms with E-state index in [-0.39, 0.29) is 25.2 Å². The normalized spacial score (nSPS) is 16.8. The van der Waals surface area contributed by atoms with E-state index in [1.165, 1.54) is 0 Å². The molecule has 3 heterocycles. The number of pyridine rings is 1. The van der Waals surface area contributed by atoms with Gasteiger partial charge >= 0.3 is 0 Å². The van der Waals surface area contributed by atoms with E-state index in [9.17, 15) is 9.90 Å². The maximum atomic E-state index is 12.4. The molecule has 2 aromatic heterocycles. The molecule has 1 unspecified atom stereocenters. The van der Waals surface area contributed by atoms with E-state index in [2.05, 4.69) is 20.5 Å². The van der Waals surface area contributed by atoms with Crippen molar-refractivity contribution in [2.45, 2.75) is 18.6 Å². The molecule has 3 aromatic rings. The largest absolute Gasteiger partial charge is 0.491 e. The van der Waals surface area contributed by atoms with Crippen LogP contribution in [0.3, 0.4) is 0 Å². The number of aromatic amines is 1. The first-order valence-electron chi connectivity index (χ1n) is 11.7. The Labute approximate surface area is 204 Å². The van der Waals surface area contributed by atoms with Gasteiger partial charge in [0.2, 0.25) is 5.91 Å². The van der Waals surface area contributed by atoms with Crippen LogP contribution in [0.15, 0.2) is 54.7 Å². The molecule has 2 atom stereocenters. The van der Waals surface area contributed by atoms with Crippen LogP contribution < -0.4 is 14.8 Å². The van der Waals surface area contributed by atoms with Crippen LogP contribution in [-0.4, -0.2) is 95.1 Å². The third-order valence-corrected chi connectivity index (χ3v) is 5.61. The quantitative estimate of drug-likeness (QED) is 0.357. The van der Waals surface area contributed by atoms with Gasteiger partial charge in [-0.15, -0.1) is 0 Å². The van der Waals surface area contributed by atoms with Gasteiger partial charge in [-0.25, -0.2) is 4.98 Å². The molecule has 1 aromatic carbocycles. The van der Waals surface area contributed by atoms with Crippen molar-refractivity contribution < 1.29 is 19.4 Å². The molecule has 35 heavy (non-hydrogen) atoms. The first kappa shape index (κ1) is 24.5. The summed E-state index contributed by atoms with van der Waals surface area (Å²) >= 11 is 0. The molecule has 1 saturated heterocycles. The lowest BCUT2D eigenvalue weighted by molar-refractivity contribution is -0.125. The Morgan fingerprint density at radius 2 is 2.09 bits per heavy atom. The van der Waals surface area contributed by atoms with Crippen LogP contribution in [0.25, 0.3) is 11.0 Å². The molecule has 1 fully saturated rings. The number of likely N-dealkylation sites (tertiary alicyclic amines) is 1. The highest BCUT2D eigenvalue weighted by Crippen LogP contribution is 2.30. The SMILES string of the molecule is CN(C)C/C=C/C(=O)N1CC[C@@H](Nc2n[nH]c3nccc(OCC(O)COc4ccccc4)c23)C1. The molecule has 10 nitrogen and oxygen atoms in total. The van der Waals surface area contributed by atoms with Crippen LogP contribution in [0.2, 0.25) is 0 Å². The summed E-state index contributed by atoms with van der Waals surface area (Å²) in [5.74, 6) is 1.88. The molecular formula is C25H32N6O4. The summed E-state index contributed by atoms with van der Waals surface area (Å²) in [7, 11) is 3.93. The van der Waals surface area contributed by atoms with Crippen molar-refractivity contribution in [1.82, 2.24) is 25.0 Å². The highest BCUT2D eigenvalue weighted by Gasteiger charge is 2.26. The van der Waals surface area contributed by atoms with E-state index in [0.717, 1.165) is 13.0 Å². The van der Waals surface area contributed by atoms with Gasteiger partial charge in [0.25, 0.3) is 0 Å². The second kappa shape index (κ2) is 11.7. The summed E-state index contributed by atoms with van der Waals surface area (Å²) in [5.41, 5.74) is 0.581. The number of amides is 1. The molecule has 3 N–H and O–H groups in total. The molecule has 186 valence electrons. The number of rotatable bonds is 11. The molecule has 1 aliphatic heterocycles. The van der Waals surface area contributed by atoms with Gasteiger partial charge in [0.05, 0.1) is 0 Å². The van der Waals surface area contributed by atoms with Crippen LogP contribution >= 0.6 is 0 Å². The molecule has 0 saturated carbocycles. The number of carbonyl (C=O) groups is 1. The predicted octanol–water partition coefficient (Wildman–Crippen LogP) is 1.91. The lowest BCUT2D eigenvalue weighted by Gasteiger charge is -2.16. The van der Waals surface area contributed by atoms with Gasteiger partial charge in [-0.05, 0) is 38.7 Å². The Hall–Kier alpha value is -3.63. The van der Waals surface area contributed by atoms with Gasteiger partial charge in [0, 0.05) is 37.9 Å². The van der Waals surface area contributed by atoms with Crippen LogP contribution in [0.5, 0.6) is 11.5 Å². The van der Waals surface area contributed by atoms with Crippen molar-refractivity contribution in [2.75, 3.05) is 52.3 Å². The third kappa shape index (κ3) is 6.71. The van der Waals surface area contributed by atoms with Crippen LogP contribution in [0, 0.1) is 0 Å². The lowest BCUT2D eigenvalue weighted by Crippen LogP contribution is -2.30. The smallest absolute Gasteiger partial charge is 0.246 e. The second-order valence-corrected chi connectivity index (χ2v) is 8.77. The van der Waals surface area contributed by atoms with E-state index < -0.39 is 6.10 Å². The maximum absolute atomic E-state index is 12.4. The van der Waals surface area contributed by atoms with Crippen LogP contribution in [0.1, 0.15) is 6.42 Å². The monoisotopic (exact) mass is 480 g/mol. The van der Waals surface area contributed by atoms with Gasteiger partial charge in [-0.1, -0.05) is 24.3 Å². The fourth-order valence-corrected chi connectivity index (χ4v) is 3.83. The molecule has 1 aliphatic rings. The number of aliphatic hydroxyl groups is 1. The molecule has 1 amide bonds. The number of benzene rings is 1. The molecule has 4 rings (SSSR count). The van der Waals surface area contributed by atoms with Crippen molar-refractivity contribution in [1.29, 1.82) is 0 Å². The highest BCUT2D eigenvalue weighted by atomic mass is 16.5. The van der Waals surface area contributed by atoms with Gasteiger partial charge in [-0.3, -0.25) is 9.89 Å². The van der Waals surface area contributed by atoms with Crippen molar-refractivity contribution in [3.8, 4) is 11.5 Å². The van der Waals surface area contributed by atoms with Crippen molar-refractivity contribution in [3.63, 3.8) is 0 Å². The highest BCUT2D eigenvalue weighted by molar-refractivity contribution is 5.93. The summed E-state index contributed by atoms with van der Waals surface area (Å²) in [6.07, 6.45) is 5.14. The Bertz CT molecular complexity index is 1130. The minimum absolute atomic E-state index is 0.0143. The first-order valence-corrected chi connectivity index (χ1v) is 11.7. The maximum Gasteiger partial charge on any atom is 0.246 e. The van der Waals surface area contributed by atoms with Crippen molar-refractivity contribution in [3.05, 3.63) is 54.7 Å². The van der Waals surface area contributed by atoms with E-state index in [0.29, 0.717) is 41.4 Å². The number of aromatic nitrogens is 3. The average molecular weight is 481 g/mol. The standard InChI is InChI=1S/C25H32N6O4/c1-30(2)13-6-9-22(33)31-14-11-18(15-31)27-25-23-21(10-12-26-24(23)28-29-25)35-17-19(32)16-34-20-7-4-3-5-8-20/h3-10,12,18-19,32H,11,13-17H2,1-2H3,(H2,26,27,28,29)/b9-6+/t18-,19?/m1/s1. The fourth-order valence-electron chi connectivity index (χ4n) is 3.83. The fraction of sp³-hybridized carbons (Fsp3) is 0.400. The number of likely N-dealkylation sites (N-methyl/N-ethyl adjacent to an activating group) is 1. The average Bonchev–Trinajstić information content (AvgIpc) is 3.50. The summed E-state index contributed by atoms with van der Waals surface area (Å²) in [6.45, 7) is 2.17. The Kier molecular flexibility index (Phi) is 8.17. The topological polar surface area (TPSA) is 116 Å². The van der Waals surface area contributed by atoms with E-state index in [1.54, 1.807) is 18.3 Å². The molecule has 0 aliphatic carbocycles. The van der Waals surface area contributed by atoms with Crippen LogP contribution in [0.4, 0.5) is 5.82 Å². The van der Waals surface area contributed by atoms with Crippen molar-refractivity contribution in [2.24, 2.45) is 0 Å². The zero-order valence-electron chi connectivity index (χ0n) is 20.1. The van der Waals surface area contributed by atoms with E-state index in [4.69, 9.17) is 9.47 Å². The van der Waals surface area contributed by atoms with Crippen LogP contribution in [-0.2, 0) is 4.79 Å². The molecule has 0 spiro atoms. The number of anilines is 1. The number of H-pyrrole nitrogens is 1. The number of nitrogens with zero attached hydrogens (tertiary/aromatic N) is 4. The summed E-state index contributed by atoms with van der Waals surface area (Å²) < 4.78 is 11.5. The number of hydrogen-bond donors (Lipinski definition) is 3. The number of para-hydroxylation sites is 1. The van der Waals surface area contributed by atoms with E-state index in [1.807, 2.05) is 60.3 Å². The van der Waals surface area contributed by atoms with Crippen molar-refractivity contribution >= 4 is 22.8 Å². The number of hydrogen-bond acceptors (Lipinski definition) is 8. The number of aliphatic hydroxyl groups excluding tert-OH is 1. The Morgan fingerprint density at radius 1 is 1.29 bits per heavy atom. The zero-order chi connectivity index (χ0) is 24.6.